The summed E-state index contributed by atoms with van der Waals surface area (Å²) in [6, 6.07) is 11.2. The molecule has 192 valence electrons. The summed E-state index contributed by atoms with van der Waals surface area (Å²) < 4.78 is 20.8. The quantitative estimate of drug-likeness (QED) is 0.496. The van der Waals surface area contributed by atoms with Crippen molar-refractivity contribution in [1.29, 1.82) is 0 Å². The second-order valence-electron chi connectivity index (χ2n) is 8.67. The molecule has 1 aliphatic heterocycles. The Bertz CT molecular complexity index is 1110. The molecule has 0 saturated carbocycles. The van der Waals surface area contributed by atoms with Gasteiger partial charge >= 0.3 is 11.9 Å². The molecule has 10 heteroatoms. The first kappa shape index (κ1) is 26.5. The van der Waals surface area contributed by atoms with Crippen LogP contribution in [0.15, 0.2) is 42.5 Å². The predicted molar refractivity (Wildman–Crippen MR) is 131 cm³/mol. The highest BCUT2D eigenvalue weighted by Crippen LogP contribution is 2.36. The van der Waals surface area contributed by atoms with Crippen molar-refractivity contribution in [2.75, 3.05) is 44.2 Å². The van der Waals surface area contributed by atoms with Crippen molar-refractivity contribution in [2.24, 2.45) is 11.8 Å². The monoisotopic (exact) mass is 498 g/mol. The van der Waals surface area contributed by atoms with E-state index in [4.69, 9.17) is 18.9 Å². The standard InChI is InChI=1S/C26H30N2O8/c1-16(2)14-35-25(31)17-5-7-19(8-6-17)27-23(29)15-36-26(32)18-11-24(30)28(13-18)21-10-9-20(33-3)12-22(21)34-4/h5-10,12,16,18H,11,13-15H2,1-4H3,(H,27,29)/t18-/m1/s1. The number of rotatable bonds is 10. The lowest BCUT2D eigenvalue weighted by atomic mass is 10.1. The molecule has 0 unspecified atom stereocenters. The Labute approximate surface area is 209 Å². The molecule has 1 fully saturated rings. The Kier molecular flexibility index (Phi) is 8.88. The topological polar surface area (TPSA) is 120 Å². The fraction of sp³-hybridized carbons (Fsp3) is 0.385. The number of methoxy groups -OCH3 is 2. The zero-order valence-corrected chi connectivity index (χ0v) is 20.7. The molecule has 1 aliphatic rings. The number of ether oxygens (including phenoxy) is 4. The molecule has 1 atom stereocenters. The van der Waals surface area contributed by atoms with Gasteiger partial charge in [-0.05, 0) is 42.3 Å². The van der Waals surface area contributed by atoms with E-state index in [9.17, 15) is 19.2 Å². The average molecular weight is 499 g/mol. The summed E-state index contributed by atoms with van der Waals surface area (Å²) in [6.45, 7) is 3.80. The molecule has 2 aromatic carbocycles. The minimum atomic E-state index is -0.715. The first-order chi connectivity index (χ1) is 17.2. The van der Waals surface area contributed by atoms with Crippen LogP contribution in [-0.2, 0) is 23.9 Å². The Hall–Kier alpha value is -4.08. The lowest BCUT2D eigenvalue weighted by molar-refractivity contribution is -0.151. The molecule has 1 N–H and O–H groups in total. The van der Waals surface area contributed by atoms with E-state index in [1.54, 1.807) is 30.3 Å². The number of amides is 2. The van der Waals surface area contributed by atoms with E-state index in [1.807, 2.05) is 13.8 Å². The summed E-state index contributed by atoms with van der Waals surface area (Å²) in [5.41, 5.74) is 1.32. The van der Waals surface area contributed by atoms with Gasteiger partial charge in [-0.1, -0.05) is 13.8 Å². The predicted octanol–water partition coefficient (Wildman–Crippen LogP) is 3.05. The normalized spacial score (nSPS) is 15.0. The number of hydrogen-bond acceptors (Lipinski definition) is 8. The number of benzene rings is 2. The minimum Gasteiger partial charge on any atom is -0.497 e. The Morgan fingerprint density at radius 3 is 2.39 bits per heavy atom. The lowest BCUT2D eigenvalue weighted by Gasteiger charge is -2.20. The average Bonchev–Trinajstić information content (AvgIpc) is 3.27. The maximum atomic E-state index is 12.6. The highest BCUT2D eigenvalue weighted by Gasteiger charge is 2.37. The van der Waals surface area contributed by atoms with Crippen molar-refractivity contribution in [1.82, 2.24) is 0 Å². The smallest absolute Gasteiger partial charge is 0.338 e. The van der Waals surface area contributed by atoms with E-state index in [1.165, 1.54) is 31.3 Å². The van der Waals surface area contributed by atoms with Crippen molar-refractivity contribution in [3.63, 3.8) is 0 Å². The van der Waals surface area contributed by atoms with E-state index >= 15 is 0 Å². The third kappa shape index (κ3) is 6.74. The number of nitrogens with one attached hydrogen (secondary N) is 1. The molecule has 2 amide bonds. The van der Waals surface area contributed by atoms with E-state index in [0.717, 1.165) is 0 Å². The van der Waals surface area contributed by atoms with Crippen LogP contribution in [0.25, 0.3) is 0 Å². The van der Waals surface area contributed by atoms with Gasteiger partial charge in [0.15, 0.2) is 6.61 Å². The SMILES string of the molecule is COc1ccc(N2C[C@H](C(=O)OCC(=O)Nc3ccc(C(=O)OCC(C)C)cc3)CC2=O)c(OC)c1. The summed E-state index contributed by atoms with van der Waals surface area (Å²) >= 11 is 0. The van der Waals surface area contributed by atoms with Crippen molar-refractivity contribution >= 4 is 35.1 Å². The van der Waals surface area contributed by atoms with E-state index in [0.29, 0.717) is 35.0 Å². The largest absolute Gasteiger partial charge is 0.497 e. The van der Waals surface area contributed by atoms with Crippen LogP contribution in [0.2, 0.25) is 0 Å². The first-order valence-corrected chi connectivity index (χ1v) is 11.5. The van der Waals surface area contributed by atoms with Gasteiger partial charge in [-0.2, -0.15) is 0 Å². The molecule has 36 heavy (non-hydrogen) atoms. The van der Waals surface area contributed by atoms with Crippen LogP contribution in [0.5, 0.6) is 11.5 Å². The summed E-state index contributed by atoms with van der Waals surface area (Å²) in [7, 11) is 3.01. The van der Waals surface area contributed by atoms with Gasteiger partial charge in [-0.3, -0.25) is 14.4 Å². The zero-order chi connectivity index (χ0) is 26.2. The maximum absolute atomic E-state index is 12.6. The van der Waals surface area contributed by atoms with Gasteiger partial charge < -0.3 is 29.2 Å². The van der Waals surface area contributed by atoms with Gasteiger partial charge in [-0.25, -0.2) is 4.79 Å². The van der Waals surface area contributed by atoms with E-state index in [2.05, 4.69) is 5.32 Å². The van der Waals surface area contributed by atoms with Gasteiger partial charge in [0.2, 0.25) is 5.91 Å². The van der Waals surface area contributed by atoms with Crippen LogP contribution in [0.1, 0.15) is 30.6 Å². The van der Waals surface area contributed by atoms with Gasteiger partial charge in [0.1, 0.15) is 11.5 Å². The fourth-order valence-corrected chi connectivity index (χ4v) is 3.57. The number of carbonyl (C=O) groups excluding carboxylic acids is 4. The summed E-state index contributed by atoms with van der Waals surface area (Å²) in [6.07, 6.45) is -0.0377. The van der Waals surface area contributed by atoms with E-state index < -0.39 is 30.4 Å². The summed E-state index contributed by atoms with van der Waals surface area (Å²) in [5.74, 6) is -1.35. The Morgan fingerprint density at radius 1 is 1.03 bits per heavy atom. The van der Waals surface area contributed by atoms with Crippen LogP contribution >= 0.6 is 0 Å². The molecule has 2 aromatic rings. The molecule has 10 nitrogen and oxygen atoms in total. The molecule has 0 aliphatic carbocycles. The summed E-state index contributed by atoms with van der Waals surface area (Å²) in [4.78, 5) is 50.8. The molecular formula is C26H30N2O8. The summed E-state index contributed by atoms with van der Waals surface area (Å²) in [5, 5.41) is 2.60. The third-order valence-electron chi connectivity index (χ3n) is 5.43. The molecule has 1 heterocycles. The second-order valence-corrected chi connectivity index (χ2v) is 8.67. The highest BCUT2D eigenvalue weighted by atomic mass is 16.5. The zero-order valence-electron chi connectivity index (χ0n) is 20.7. The van der Waals surface area contributed by atoms with Crippen LogP contribution in [-0.4, -0.2) is 57.7 Å². The number of esters is 2. The van der Waals surface area contributed by atoms with Crippen molar-refractivity contribution < 1.29 is 38.1 Å². The van der Waals surface area contributed by atoms with Crippen LogP contribution < -0.4 is 19.7 Å². The van der Waals surface area contributed by atoms with Crippen molar-refractivity contribution in [3.05, 3.63) is 48.0 Å². The number of hydrogen-bond donors (Lipinski definition) is 1. The Morgan fingerprint density at radius 2 is 1.75 bits per heavy atom. The third-order valence-corrected chi connectivity index (χ3v) is 5.43. The number of nitrogens with zero attached hydrogens (tertiary/aromatic N) is 1. The van der Waals surface area contributed by atoms with Gasteiger partial charge in [-0.15, -0.1) is 0 Å². The van der Waals surface area contributed by atoms with Crippen LogP contribution in [0.3, 0.4) is 0 Å². The van der Waals surface area contributed by atoms with Crippen molar-refractivity contribution in [2.45, 2.75) is 20.3 Å². The molecule has 0 aromatic heterocycles. The lowest BCUT2D eigenvalue weighted by Crippen LogP contribution is -2.28. The molecule has 0 bridgehead atoms. The second kappa shape index (κ2) is 12.1. The van der Waals surface area contributed by atoms with Crippen molar-refractivity contribution in [3.8, 4) is 11.5 Å². The Balaban J connectivity index is 1.50. The van der Waals surface area contributed by atoms with Gasteiger partial charge in [0.05, 0.1) is 38.0 Å². The van der Waals surface area contributed by atoms with Crippen LogP contribution in [0, 0.1) is 11.8 Å². The molecule has 0 spiro atoms. The van der Waals surface area contributed by atoms with E-state index in [-0.39, 0.29) is 24.8 Å². The highest BCUT2D eigenvalue weighted by molar-refractivity contribution is 6.01. The van der Waals surface area contributed by atoms with Crippen LogP contribution in [0.4, 0.5) is 11.4 Å². The van der Waals surface area contributed by atoms with Gasteiger partial charge in [0.25, 0.3) is 5.91 Å². The molecular weight excluding hydrogens is 468 g/mol. The number of anilines is 2. The minimum absolute atomic E-state index is 0.0377. The van der Waals surface area contributed by atoms with Gasteiger partial charge in [0, 0.05) is 24.7 Å². The number of carbonyl (C=O) groups is 4. The maximum Gasteiger partial charge on any atom is 0.338 e. The molecule has 0 radical (unpaired) electrons. The fourth-order valence-electron chi connectivity index (χ4n) is 3.57. The first-order valence-electron chi connectivity index (χ1n) is 11.5. The molecule has 1 saturated heterocycles. The molecule has 3 rings (SSSR count).